The Bertz CT molecular complexity index is 793. The van der Waals surface area contributed by atoms with Gasteiger partial charge in [0.15, 0.2) is 0 Å². The second-order valence-corrected chi connectivity index (χ2v) is 6.41. The Kier molecular flexibility index (Phi) is 3.81. The monoisotopic (exact) mass is 336 g/mol. The first-order valence-electron chi connectivity index (χ1n) is 8.55. The molecule has 2 aromatic rings. The molecule has 2 aromatic carbocycles. The summed E-state index contributed by atoms with van der Waals surface area (Å²) in [6.07, 6.45) is 0.112. The molecule has 2 amide bonds. The third kappa shape index (κ3) is 2.35. The van der Waals surface area contributed by atoms with Crippen molar-refractivity contribution in [2.24, 2.45) is 0 Å². The molecule has 0 aliphatic carbocycles. The zero-order valence-corrected chi connectivity index (χ0v) is 14.0. The molecule has 3 aliphatic heterocycles. The molecule has 0 aromatic heterocycles. The second-order valence-electron chi connectivity index (χ2n) is 6.41. The van der Waals surface area contributed by atoms with Crippen LogP contribution in [0.5, 0.6) is 0 Å². The van der Waals surface area contributed by atoms with E-state index in [4.69, 9.17) is 4.74 Å². The van der Waals surface area contributed by atoms with E-state index >= 15 is 0 Å². The summed E-state index contributed by atoms with van der Waals surface area (Å²) in [4.78, 5) is 27.9. The van der Waals surface area contributed by atoms with Gasteiger partial charge >= 0.3 is 0 Å². The summed E-state index contributed by atoms with van der Waals surface area (Å²) in [6, 6.07) is 18.1. The number of piperidine rings is 2. The number of benzene rings is 2. The van der Waals surface area contributed by atoms with Gasteiger partial charge in [-0.25, -0.2) is 0 Å². The molecule has 3 fully saturated rings. The number of para-hydroxylation sites is 1. The lowest BCUT2D eigenvalue weighted by molar-refractivity contribution is -0.152. The van der Waals surface area contributed by atoms with E-state index in [9.17, 15) is 9.59 Å². The van der Waals surface area contributed by atoms with Crippen LogP contribution in [-0.4, -0.2) is 30.6 Å². The van der Waals surface area contributed by atoms with Crippen molar-refractivity contribution in [3.05, 3.63) is 66.2 Å². The fraction of sp³-hybridized carbons (Fsp3) is 0.300. The minimum absolute atomic E-state index is 0.106. The number of anilines is 1. The summed E-state index contributed by atoms with van der Waals surface area (Å²) in [5, 5.41) is 2.97. The lowest BCUT2D eigenvalue weighted by Gasteiger charge is -2.54. The van der Waals surface area contributed by atoms with Gasteiger partial charge in [0.25, 0.3) is 5.91 Å². The Balaban J connectivity index is 1.87. The summed E-state index contributed by atoms with van der Waals surface area (Å²) in [6.45, 7) is 2.40. The molecule has 3 atom stereocenters. The van der Waals surface area contributed by atoms with Crippen LogP contribution in [0.25, 0.3) is 0 Å². The van der Waals surface area contributed by atoms with Crippen LogP contribution in [0.3, 0.4) is 0 Å². The highest BCUT2D eigenvalue weighted by Crippen LogP contribution is 2.43. The van der Waals surface area contributed by atoms with E-state index in [1.807, 2.05) is 67.6 Å². The van der Waals surface area contributed by atoms with Gasteiger partial charge in [-0.05, 0) is 24.6 Å². The zero-order chi connectivity index (χ0) is 17.4. The van der Waals surface area contributed by atoms with Gasteiger partial charge in [0.05, 0.1) is 6.10 Å². The quantitative estimate of drug-likeness (QED) is 0.931. The average Bonchev–Trinajstić information content (AvgIpc) is 2.65. The number of nitrogens with one attached hydrogen (secondary N) is 1. The predicted octanol–water partition coefficient (Wildman–Crippen LogP) is 2.22. The molecule has 0 radical (unpaired) electrons. The number of ether oxygens (including phenoxy) is 1. The molecule has 2 bridgehead atoms. The molecule has 128 valence electrons. The van der Waals surface area contributed by atoms with Gasteiger partial charge in [-0.15, -0.1) is 0 Å². The number of nitrogens with zero attached hydrogens (tertiary/aromatic N) is 1. The summed E-state index contributed by atoms with van der Waals surface area (Å²) in [5.41, 5.74) is 0.428. The van der Waals surface area contributed by atoms with Crippen LogP contribution < -0.4 is 10.2 Å². The summed E-state index contributed by atoms with van der Waals surface area (Å²) in [7, 11) is 0. The molecule has 5 heteroatoms. The molecule has 3 aliphatic rings. The fourth-order valence-corrected chi connectivity index (χ4v) is 3.94. The van der Waals surface area contributed by atoms with Gasteiger partial charge in [-0.3, -0.25) is 14.5 Å². The minimum Gasteiger partial charge on any atom is -0.376 e. The van der Waals surface area contributed by atoms with Crippen LogP contribution in [0.1, 0.15) is 18.9 Å². The normalized spacial score (nSPS) is 28.1. The SMILES string of the molecule is CCO[C@H]1C[C@@]2(c3ccccc3)NC(=O)[C@@H]1N(c1ccccc1)C2=O. The maximum absolute atomic E-state index is 13.5. The van der Waals surface area contributed by atoms with Gasteiger partial charge in [0.2, 0.25) is 5.91 Å². The minimum atomic E-state index is -1.08. The summed E-state index contributed by atoms with van der Waals surface area (Å²) >= 11 is 0. The molecule has 5 rings (SSSR count). The van der Waals surface area contributed by atoms with Crippen molar-refractivity contribution in [2.75, 3.05) is 11.5 Å². The molecule has 1 N–H and O–H groups in total. The number of amides is 2. The Morgan fingerprint density at radius 2 is 1.72 bits per heavy atom. The van der Waals surface area contributed by atoms with Crippen LogP contribution in [0, 0.1) is 0 Å². The molecule has 25 heavy (non-hydrogen) atoms. The standard InChI is InChI=1S/C20H20N2O3/c1-2-25-16-13-20(14-9-5-3-6-10-14)19(24)22(17(16)18(23)21-20)15-11-7-4-8-12-15/h3-12,16-17H,2,13H2,1H3,(H,21,23)/t16-,17+,20-/m0/s1. The Morgan fingerprint density at radius 1 is 1.08 bits per heavy atom. The number of hydrogen-bond acceptors (Lipinski definition) is 3. The molecule has 0 unspecified atom stereocenters. The highest BCUT2D eigenvalue weighted by atomic mass is 16.5. The highest BCUT2D eigenvalue weighted by molar-refractivity contribution is 6.13. The maximum Gasteiger partial charge on any atom is 0.258 e. The first-order chi connectivity index (χ1) is 12.2. The van der Waals surface area contributed by atoms with Crippen molar-refractivity contribution in [1.82, 2.24) is 5.32 Å². The lowest BCUT2D eigenvalue weighted by atomic mass is 9.73. The number of fused-ring (bicyclic) bond motifs is 3. The van der Waals surface area contributed by atoms with E-state index in [0.29, 0.717) is 13.0 Å². The van der Waals surface area contributed by atoms with E-state index in [0.717, 1.165) is 11.3 Å². The lowest BCUT2D eigenvalue weighted by Crippen LogP contribution is -2.77. The molecule has 0 spiro atoms. The van der Waals surface area contributed by atoms with E-state index < -0.39 is 11.6 Å². The largest absolute Gasteiger partial charge is 0.376 e. The Hall–Kier alpha value is -2.66. The first kappa shape index (κ1) is 15.8. The molecule has 0 saturated carbocycles. The average molecular weight is 336 g/mol. The number of rotatable bonds is 4. The number of carbonyl (C=O) groups excluding carboxylic acids is 2. The highest BCUT2D eigenvalue weighted by Gasteiger charge is 2.61. The van der Waals surface area contributed by atoms with E-state index in [-0.39, 0.29) is 17.9 Å². The fourth-order valence-electron chi connectivity index (χ4n) is 3.94. The number of carbonyl (C=O) groups is 2. The van der Waals surface area contributed by atoms with Crippen LogP contribution in [0.4, 0.5) is 5.69 Å². The Morgan fingerprint density at radius 3 is 2.36 bits per heavy atom. The van der Waals surface area contributed by atoms with E-state index in [1.165, 1.54) is 0 Å². The van der Waals surface area contributed by atoms with Gasteiger partial charge in [-0.1, -0.05) is 48.5 Å². The van der Waals surface area contributed by atoms with Crippen molar-refractivity contribution >= 4 is 17.5 Å². The van der Waals surface area contributed by atoms with Crippen molar-refractivity contribution in [1.29, 1.82) is 0 Å². The van der Waals surface area contributed by atoms with E-state index in [2.05, 4.69) is 5.32 Å². The van der Waals surface area contributed by atoms with Gasteiger partial charge in [-0.2, -0.15) is 0 Å². The zero-order valence-electron chi connectivity index (χ0n) is 14.0. The van der Waals surface area contributed by atoms with Crippen LogP contribution in [0.2, 0.25) is 0 Å². The van der Waals surface area contributed by atoms with Gasteiger partial charge < -0.3 is 10.1 Å². The molecular formula is C20H20N2O3. The second kappa shape index (κ2) is 6.01. The van der Waals surface area contributed by atoms with E-state index in [1.54, 1.807) is 4.90 Å². The topological polar surface area (TPSA) is 58.6 Å². The van der Waals surface area contributed by atoms with Crippen molar-refractivity contribution in [2.45, 2.75) is 31.0 Å². The predicted molar refractivity (Wildman–Crippen MR) is 94.0 cm³/mol. The van der Waals surface area contributed by atoms with Crippen molar-refractivity contribution in [3.8, 4) is 0 Å². The summed E-state index contributed by atoms with van der Waals surface area (Å²) < 4.78 is 5.88. The molecule has 3 heterocycles. The Labute approximate surface area is 146 Å². The maximum atomic E-state index is 13.5. The molecule has 3 saturated heterocycles. The molecular weight excluding hydrogens is 316 g/mol. The van der Waals surface area contributed by atoms with Gasteiger partial charge in [0, 0.05) is 18.7 Å². The van der Waals surface area contributed by atoms with Crippen molar-refractivity contribution in [3.63, 3.8) is 0 Å². The third-order valence-corrected chi connectivity index (χ3v) is 5.01. The van der Waals surface area contributed by atoms with Crippen molar-refractivity contribution < 1.29 is 14.3 Å². The number of piperazine rings is 1. The third-order valence-electron chi connectivity index (χ3n) is 5.01. The molecule has 5 nitrogen and oxygen atoms in total. The smallest absolute Gasteiger partial charge is 0.258 e. The van der Waals surface area contributed by atoms with Crippen LogP contribution >= 0.6 is 0 Å². The van der Waals surface area contributed by atoms with Crippen LogP contribution in [0.15, 0.2) is 60.7 Å². The van der Waals surface area contributed by atoms with Crippen LogP contribution in [-0.2, 0) is 19.9 Å². The van der Waals surface area contributed by atoms with Gasteiger partial charge in [0.1, 0.15) is 11.6 Å². The number of hydrogen-bond donors (Lipinski definition) is 1. The first-order valence-corrected chi connectivity index (χ1v) is 8.55. The summed E-state index contributed by atoms with van der Waals surface area (Å²) in [5.74, 6) is -0.276.